The Morgan fingerprint density at radius 3 is 2.73 bits per heavy atom. The monoisotopic (exact) mass is 155 g/mol. The van der Waals surface area contributed by atoms with Crippen molar-refractivity contribution in [2.75, 3.05) is 7.11 Å². The predicted octanol–water partition coefficient (Wildman–Crippen LogP) is 1.09. The summed E-state index contributed by atoms with van der Waals surface area (Å²) in [5.41, 5.74) is 0. The van der Waals surface area contributed by atoms with E-state index in [2.05, 4.69) is 6.07 Å². The Hall–Kier alpha value is -0.590. The fourth-order valence-corrected chi connectivity index (χ4v) is 1.34. The summed E-state index contributed by atoms with van der Waals surface area (Å²) >= 11 is 0. The molecule has 0 aromatic carbocycles. The zero-order valence-corrected chi connectivity index (χ0v) is 6.91. The third-order valence-electron chi connectivity index (χ3n) is 1.98. The number of nitriles is 1. The second kappa shape index (κ2) is 3.70. The Kier molecular flexibility index (Phi) is 2.86. The van der Waals surface area contributed by atoms with E-state index >= 15 is 0 Å². The van der Waals surface area contributed by atoms with Crippen LogP contribution in [0.25, 0.3) is 0 Å². The van der Waals surface area contributed by atoms with Crippen molar-refractivity contribution in [1.29, 1.82) is 5.26 Å². The van der Waals surface area contributed by atoms with Gasteiger partial charge in [-0.05, 0) is 19.8 Å². The average molecular weight is 155 g/mol. The Balaban J connectivity index is 2.42. The Morgan fingerprint density at radius 2 is 2.36 bits per heavy atom. The maximum Gasteiger partial charge on any atom is 0.169 e. The minimum Gasteiger partial charge on any atom is -0.371 e. The van der Waals surface area contributed by atoms with E-state index in [0.29, 0.717) is 0 Å². The van der Waals surface area contributed by atoms with E-state index in [1.54, 1.807) is 7.11 Å². The van der Waals surface area contributed by atoms with Gasteiger partial charge in [-0.15, -0.1) is 0 Å². The quantitative estimate of drug-likeness (QED) is 0.599. The molecule has 0 radical (unpaired) electrons. The molecule has 0 aromatic heterocycles. The molecule has 0 saturated carbocycles. The Bertz CT molecular complexity index is 164. The lowest BCUT2D eigenvalue weighted by molar-refractivity contribution is -0.0237. The van der Waals surface area contributed by atoms with Gasteiger partial charge in [0.25, 0.3) is 0 Å². The minimum absolute atomic E-state index is 0.0139. The summed E-state index contributed by atoms with van der Waals surface area (Å²) in [6.45, 7) is 2.02. The first-order valence-corrected chi connectivity index (χ1v) is 3.85. The van der Waals surface area contributed by atoms with Crippen molar-refractivity contribution >= 4 is 0 Å². The van der Waals surface area contributed by atoms with Gasteiger partial charge in [0, 0.05) is 7.11 Å². The highest BCUT2D eigenvalue weighted by molar-refractivity contribution is 4.93. The van der Waals surface area contributed by atoms with E-state index < -0.39 is 0 Å². The molecule has 1 heterocycles. The largest absolute Gasteiger partial charge is 0.371 e. The maximum atomic E-state index is 8.62. The molecule has 3 heteroatoms. The van der Waals surface area contributed by atoms with Gasteiger partial charge in [0.15, 0.2) is 6.10 Å². The molecule has 1 aliphatic rings. The van der Waals surface area contributed by atoms with Gasteiger partial charge in [0.1, 0.15) is 0 Å². The van der Waals surface area contributed by atoms with Crippen molar-refractivity contribution in [1.82, 2.24) is 0 Å². The first-order valence-electron chi connectivity index (χ1n) is 3.85. The summed E-state index contributed by atoms with van der Waals surface area (Å²) < 4.78 is 10.4. The van der Waals surface area contributed by atoms with E-state index in [1.807, 2.05) is 6.92 Å². The molecule has 0 spiro atoms. The zero-order valence-electron chi connectivity index (χ0n) is 6.91. The van der Waals surface area contributed by atoms with E-state index in [1.165, 1.54) is 0 Å². The van der Waals surface area contributed by atoms with Crippen LogP contribution in [0.4, 0.5) is 0 Å². The van der Waals surface area contributed by atoms with Crippen LogP contribution in [0.15, 0.2) is 0 Å². The van der Waals surface area contributed by atoms with Crippen LogP contribution < -0.4 is 0 Å². The van der Waals surface area contributed by atoms with Crippen molar-refractivity contribution < 1.29 is 9.47 Å². The number of methoxy groups -OCH3 is 1. The van der Waals surface area contributed by atoms with E-state index in [0.717, 1.165) is 12.8 Å². The summed E-state index contributed by atoms with van der Waals surface area (Å²) in [6, 6.07) is 2.07. The van der Waals surface area contributed by atoms with E-state index in [-0.39, 0.29) is 18.3 Å². The Labute approximate surface area is 66.9 Å². The molecule has 62 valence electrons. The van der Waals surface area contributed by atoms with Gasteiger partial charge in [-0.2, -0.15) is 5.26 Å². The number of hydrogen-bond donors (Lipinski definition) is 0. The topological polar surface area (TPSA) is 42.2 Å². The molecular weight excluding hydrogens is 142 g/mol. The summed E-state index contributed by atoms with van der Waals surface area (Å²) in [6.07, 6.45) is 1.85. The van der Waals surface area contributed by atoms with Gasteiger partial charge < -0.3 is 9.47 Å². The molecule has 0 N–H and O–H groups in total. The predicted molar refractivity (Wildman–Crippen MR) is 40.0 cm³/mol. The van der Waals surface area contributed by atoms with Crippen molar-refractivity contribution in [3.63, 3.8) is 0 Å². The third kappa shape index (κ3) is 1.92. The number of nitrogens with zero attached hydrogens (tertiary/aromatic N) is 1. The molecule has 1 rings (SSSR count). The van der Waals surface area contributed by atoms with Gasteiger partial charge in [-0.3, -0.25) is 0 Å². The van der Waals surface area contributed by atoms with Gasteiger partial charge in [-0.25, -0.2) is 0 Å². The van der Waals surface area contributed by atoms with Crippen molar-refractivity contribution in [2.45, 2.75) is 38.1 Å². The highest BCUT2D eigenvalue weighted by Crippen LogP contribution is 2.22. The van der Waals surface area contributed by atoms with Crippen LogP contribution in [0.3, 0.4) is 0 Å². The lowest BCUT2D eigenvalue weighted by atomic mass is 10.1. The highest BCUT2D eigenvalue weighted by atomic mass is 16.5. The van der Waals surface area contributed by atoms with Crippen LogP contribution in [0.2, 0.25) is 0 Å². The molecule has 0 amide bonds. The van der Waals surface area contributed by atoms with Gasteiger partial charge in [-0.1, -0.05) is 0 Å². The van der Waals surface area contributed by atoms with E-state index in [4.69, 9.17) is 14.7 Å². The van der Waals surface area contributed by atoms with Crippen LogP contribution in [0.1, 0.15) is 19.8 Å². The van der Waals surface area contributed by atoms with E-state index in [9.17, 15) is 0 Å². The fourth-order valence-electron chi connectivity index (χ4n) is 1.34. The molecular formula is C8H13NO2. The molecule has 3 atom stereocenters. The van der Waals surface area contributed by atoms with Crippen molar-refractivity contribution in [3.8, 4) is 6.07 Å². The van der Waals surface area contributed by atoms with Crippen LogP contribution in [-0.4, -0.2) is 25.4 Å². The summed E-state index contributed by atoms with van der Waals surface area (Å²) in [5.74, 6) is 0. The first kappa shape index (κ1) is 8.51. The second-order valence-corrected chi connectivity index (χ2v) is 2.85. The van der Waals surface area contributed by atoms with Gasteiger partial charge in [0.05, 0.1) is 18.3 Å². The summed E-state index contributed by atoms with van der Waals surface area (Å²) in [7, 11) is 1.54. The van der Waals surface area contributed by atoms with Crippen LogP contribution in [-0.2, 0) is 9.47 Å². The average Bonchev–Trinajstić information content (AvgIpc) is 2.39. The summed E-state index contributed by atoms with van der Waals surface area (Å²) in [5, 5.41) is 8.62. The normalized spacial score (nSPS) is 33.2. The lowest BCUT2D eigenvalue weighted by Gasteiger charge is -2.14. The molecule has 0 bridgehead atoms. The number of rotatable bonds is 2. The van der Waals surface area contributed by atoms with Crippen LogP contribution >= 0.6 is 0 Å². The minimum atomic E-state index is -0.389. The smallest absolute Gasteiger partial charge is 0.169 e. The molecule has 11 heavy (non-hydrogen) atoms. The van der Waals surface area contributed by atoms with Crippen molar-refractivity contribution in [2.24, 2.45) is 0 Å². The first-order chi connectivity index (χ1) is 5.27. The molecule has 0 aromatic rings. The molecule has 2 unspecified atom stereocenters. The molecule has 3 nitrogen and oxygen atoms in total. The maximum absolute atomic E-state index is 8.62. The molecule has 0 aliphatic carbocycles. The Morgan fingerprint density at radius 1 is 1.64 bits per heavy atom. The molecule has 1 aliphatic heterocycles. The standard InChI is InChI=1S/C8H13NO2/c1-6-3-4-7(11-6)8(5-9)10-2/h6-8H,3-4H2,1-2H3/t6?,7?,8-/m0/s1. The van der Waals surface area contributed by atoms with Crippen LogP contribution in [0, 0.1) is 11.3 Å². The number of ether oxygens (including phenoxy) is 2. The lowest BCUT2D eigenvalue weighted by Crippen LogP contribution is -2.26. The van der Waals surface area contributed by atoms with Crippen molar-refractivity contribution in [3.05, 3.63) is 0 Å². The van der Waals surface area contributed by atoms with Gasteiger partial charge >= 0.3 is 0 Å². The number of hydrogen-bond acceptors (Lipinski definition) is 3. The molecule has 1 saturated heterocycles. The zero-order chi connectivity index (χ0) is 8.27. The van der Waals surface area contributed by atoms with Crippen LogP contribution in [0.5, 0.6) is 0 Å². The highest BCUT2D eigenvalue weighted by Gasteiger charge is 2.29. The molecule has 1 fully saturated rings. The third-order valence-corrected chi connectivity index (χ3v) is 1.98. The fraction of sp³-hybridized carbons (Fsp3) is 0.875. The van der Waals surface area contributed by atoms with Gasteiger partial charge in [0.2, 0.25) is 0 Å². The second-order valence-electron chi connectivity index (χ2n) is 2.85. The SMILES string of the molecule is CO[C@@H](C#N)C1CCC(C)O1. The summed E-state index contributed by atoms with van der Waals surface area (Å²) in [4.78, 5) is 0.